The van der Waals surface area contributed by atoms with Crippen LogP contribution >= 0.6 is 27.3 Å². The van der Waals surface area contributed by atoms with Gasteiger partial charge in [0.15, 0.2) is 0 Å². The smallest absolute Gasteiger partial charge is 0.245 e. The summed E-state index contributed by atoms with van der Waals surface area (Å²) in [5.74, 6) is 2.37. The van der Waals surface area contributed by atoms with E-state index in [4.69, 9.17) is 6.42 Å². The van der Waals surface area contributed by atoms with Gasteiger partial charge in [0.2, 0.25) is 10.0 Å². The highest BCUT2D eigenvalue weighted by molar-refractivity contribution is 9.11. The molecule has 0 bridgehead atoms. The normalized spacial score (nSPS) is 11.7. The zero-order valence-corrected chi connectivity index (χ0v) is 13.5. The Morgan fingerprint density at radius 2 is 2.28 bits per heavy atom. The SMILES string of the molecule is C#CCN(CC)S(=O)(=O)c1cc(CNC)sc1Br. The third-order valence-corrected chi connectivity index (χ3v) is 6.47. The molecule has 4 nitrogen and oxygen atoms in total. The van der Waals surface area contributed by atoms with Gasteiger partial charge in [0, 0.05) is 18.0 Å². The molecule has 0 aromatic carbocycles. The summed E-state index contributed by atoms with van der Waals surface area (Å²) < 4.78 is 26.7. The number of terminal acetylenes is 1. The summed E-state index contributed by atoms with van der Waals surface area (Å²) in [6, 6.07) is 1.68. The lowest BCUT2D eigenvalue weighted by molar-refractivity contribution is 0.464. The minimum Gasteiger partial charge on any atom is -0.315 e. The van der Waals surface area contributed by atoms with E-state index < -0.39 is 10.0 Å². The van der Waals surface area contributed by atoms with E-state index in [1.807, 2.05) is 7.05 Å². The summed E-state index contributed by atoms with van der Waals surface area (Å²) in [6.45, 7) is 2.85. The third kappa shape index (κ3) is 3.33. The Kier molecular flexibility index (Phi) is 5.82. The van der Waals surface area contributed by atoms with Crippen molar-refractivity contribution in [3.05, 3.63) is 14.7 Å². The van der Waals surface area contributed by atoms with Gasteiger partial charge in [-0.1, -0.05) is 12.8 Å². The number of nitrogens with one attached hydrogen (secondary N) is 1. The molecule has 0 aliphatic rings. The fraction of sp³-hybridized carbons (Fsp3) is 0.455. The molecule has 100 valence electrons. The van der Waals surface area contributed by atoms with Crippen molar-refractivity contribution < 1.29 is 8.42 Å². The van der Waals surface area contributed by atoms with E-state index in [0.717, 1.165) is 4.88 Å². The van der Waals surface area contributed by atoms with E-state index in [1.54, 1.807) is 13.0 Å². The van der Waals surface area contributed by atoms with Crippen LogP contribution in [-0.2, 0) is 16.6 Å². The summed E-state index contributed by atoms with van der Waals surface area (Å²) in [4.78, 5) is 1.24. The van der Waals surface area contributed by atoms with Crippen LogP contribution in [0.25, 0.3) is 0 Å². The highest BCUT2D eigenvalue weighted by Gasteiger charge is 2.26. The zero-order valence-electron chi connectivity index (χ0n) is 10.2. The van der Waals surface area contributed by atoms with Crippen LogP contribution in [0.1, 0.15) is 11.8 Å². The lowest BCUT2D eigenvalue weighted by Crippen LogP contribution is -2.31. The van der Waals surface area contributed by atoms with Crippen molar-refractivity contribution in [2.24, 2.45) is 0 Å². The Bertz CT molecular complexity index is 546. The first-order valence-corrected chi connectivity index (χ1v) is 8.38. The second-order valence-corrected chi connectivity index (χ2v) is 7.88. The van der Waals surface area contributed by atoms with Crippen LogP contribution in [0.3, 0.4) is 0 Å². The maximum atomic E-state index is 12.4. The van der Waals surface area contributed by atoms with E-state index >= 15 is 0 Å². The van der Waals surface area contributed by atoms with Crippen LogP contribution in [0.15, 0.2) is 14.7 Å². The molecule has 0 atom stereocenters. The minimum absolute atomic E-state index is 0.0858. The number of rotatable bonds is 6. The summed E-state index contributed by atoms with van der Waals surface area (Å²) in [5.41, 5.74) is 0. The molecule has 1 aromatic heterocycles. The van der Waals surface area contributed by atoms with Crippen LogP contribution in [0, 0.1) is 12.3 Å². The summed E-state index contributed by atoms with van der Waals surface area (Å²) in [7, 11) is -1.70. The van der Waals surface area contributed by atoms with Crippen molar-refractivity contribution in [3.8, 4) is 12.3 Å². The average Bonchev–Trinajstić information content (AvgIpc) is 2.68. The Hall–Kier alpha value is -0.390. The quantitative estimate of drug-likeness (QED) is 0.796. The number of hydrogen-bond donors (Lipinski definition) is 1. The summed E-state index contributed by atoms with van der Waals surface area (Å²) >= 11 is 4.71. The van der Waals surface area contributed by atoms with Crippen molar-refractivity contribution in [3.63, 3.8) is 0 Å². The zero-order chi connectivity index (χ0) is 13.8. The number of hydrogen-bond acceptors (Lipinski definition) is 4. The van der Waals surface area contributed by atoms with Gasteiger partial charge in [-0.25, -0.2) is 8.42 Å². The van der Waals surface area contributed by atoms with Crippen molar-refractivity contribution in [1.82, 2.24) is 9.62 Å². The Balaban J connectivity index is 3.15. The first-order chi connectivity index (χ1) is 8.47. The van der Waals surface area contributed by atoms with Crippen LogP contribution in [0.2, 0.25) is 0 Å². The molecule has 0 amide bonds. The second-order valence-electron chi connectivity index (χ2n) is 3.52. The van der Waals surface area contributed by atoms with Crippen LogP contribution in [-0.4, -0.2) is 32.9 Å². The van der Waals surface area contributed by atoms with Gasteiger partial charge in [-0.15, -0.1) is 17.8 Å². The number of nitrogens with zero attached hydrogens (tertiary/aromatic N) is 1. The van der Waals surface area contributed by atoms with Gasteiger partial charge in [-0.05, 0) is 29.0 Å². The molecule has 1 N–H and O–H groups in total. The minimum atomic E-state index is -3.51. The molecule has 0 saturated carbocycles. The molecule has 0 aliphatic heterocycles. The standard InChI is InChI=1S/C11H15BrN2O2S2/c1-4-6-14(5-2)18(15,16)10-7-9(8-13-3)17-11(10)12/h1,7,13H,5-6,8H2,2-3H3. The molecule has 0 aliphatic carbocycles. The van der Waals surface area contributed by atoms with Gasteiger partial charge < -0.3 is 5.32 Å². The van der Waals surface area contributed by atoms with Crippen LogP contribution in [0.4, 0.5) is 0 Å². The maximum Gasteiger partial charge on any atom is 0.245 e. The highest BCUT2D eigenvalue weighted by Crippen LogP contribution is 2.33. The van der Waals surface area contributed by atoms with Gasteiger partial charge in [0.1, 0.15) is 4.90 Å². The predicted molar refractivity (Wildman–Crippen MR) is 78.0 cm³/mol. The molecule has 0 fully saturated rings. The van der Waals surface area contributed by atoms with Gasteiger partial charge in [0.05, 0.1) is 10.3 Å². The second kappa shape index (κ2) is 6.68. The Morgan fingerprint density at radius 3 is 2.78 bits per heavy atom. The third-order valence-electron chi connectivity index (χ3n) is 2.30. The summed E-state index contributed by atoms with van der Waals surface area (Å²) in [6.07, 6.45) is 5.20. The topological polar surface area (TPSA) is 49.4 Å². The van der Waals surface area contributed by atoms with Crippen LogP contribution in [0.5, 0.6) is 0 Å². The van der Waals surface area contributed by atoms with Crippen molar-refractivity contribution in [2.45, 2.75) is 18.4 Å². The number of halogens is 1. The van der Waals surface area contributed by atoms with Crippen molar-refractivity contribution >= 4 is 37.3 Å². The van der Waals surface area contributed by atoms with E-state index in [9.17, 15) is 8.42 Å². The first-order valence-electron chi connectivity index (χ1n) is 5.33. The summed E-state index contributed by atoms with van der Waals surface area (Å²) in [5, 5.41) is 2.99. The molecule has 0 spiro atoms. The van der Waals surface area contributed by atoms with E-state index in [-0.39, 0.29) is 11.4 Å². The van der Waals surface area contributed by atoms with Crippen molar-refractivity contribution in [2.75, 3.05) is 20.1 Å². The average molecular weight is 351 g/mol. The molecule has 7 heteroatoms. The molecule has 1 rings (SSSR count). The van der Waals surface area contributed by atoms with Gasteiger partial charge >= 0.3 is 0 Å². The molecule has 1 heterocycles. The number of thiophene rings is 1. The van der Waals surface area contributed by atoms with E-state index in [1.165, 1.54) is 15.6 Å². The molecule has 18 heavy (non-hydrogen) atoms. The molecule has 1 aromatic rings. The monoisotopic (exact) mass is 350 g/mol. The molecular formula is C11H15BrN2O2S2. The molecular weight excluding hydrogens is 336 g/mol. The van der Waals surface area contributed by atoms with E-state index in [2.05, 4.69) is 27.2 Å². The number of sulfonamides is 1. The first kappa shape index (κ1) is 15.7. The highest BCUT2D eigenvalue weighted by atomic mass is 79.9. The molecule has 0 radical (unpaired) electrons. The maximum absolute atomic E-state index is 12.4. The van der Waals surface area contributed by atoms with Gasteiger partial charge in [0.25, 0.3) is 0 Å². The van der Waals surface area contributed by atoms with Crippen molar-refractivity contribution in [1.29, 1.82) is 0 Å². The fourth-order valence-corrected chi connectivity index (χ4v) is 5.45. The molecule has 0 unspecified atom stereocenters. The molecule has 0 saturated heterocycles. The largest absolute Gasteiger partial charge is 0.315 e. The van der Waals surface area contributed by atoms with Gasteiger partial charge in [-0.2, -0.15) is 4.31 Å². The Labute approximate surface area is 121 Å². The van der Waals surface area contributed by atoms with E-state index in [0.29, 0.717) is 16.9 Å². The van der Waals surface area contributed by atoms with Gasteiger partial charge in [-0.3, -0.25) is 0 Å². The lowest BCUT2D eigenvalue weighted by atomic mass is 10.5. The lowest BCUT2D eigenvalue weighted by Gasteiger charge is -2.17. The fourth-order valence-electron chi connectivity index (χ4n) is 1.44. The Morgan fingerprint density at radius 1 is 1.61 bits per heavy atom. The predicted octanol–water partition coefficient (Wildman–Crippen LogP) is 1.87. The van der Waals surface area contributed by atoms with Crippen LogP contribution < -0.4 is 5.32 Å².